The molecule has 0 aliphatic heterocycles. The van der Waals surface area contributed by atoms with Crippen molar-refractivity contribution in [3.63, 3.8) is 0 Å². The smallest absolute Gasteiger partial charge is 0.423 e. The molecule has 3 nitrogen and oxygen atoms in total. The molecule has 0 bridgehead atoms. The van der Waals surface area contributed by atoms with Gasteiger partial charge in [0.15, 0.2) is 12.4 Å². The number of hydrogen-bond donors (Lipinski definition) is 2. The maximum Gasteiger partial charge on any atom is 0.494 e. The van der Waals surface area contributed by atoms with Crippen molar-refractivity contribution in [1.82, 2.24) is 0 Å². The van der Waals surface area contributed by atoms with Crippen molar-refractivity contribution in [2.24, 2.45) is 7.05 Å². The summed E-state index contributed by atoms with van der Waals surface area (Å²) in [6.45, 7) is 1.91. The van der Waals surface area contributed by atoms with Crippen molar-refractivity contribution in [3.05, 3.63) is 24.0 Å². The van der Waals surface area contributed by atoms with Crippen LogP contribution in [0.1, 0.15) is 5.56 Å². The quantitative estimate of drug-likeness (QED) is 0.380. The Bertz CT molecular complexity index is 242. The average molecular weight is 152 g/mol. The van der Waals surface area contributed by atoms with E-state index in [2.05, 4.69) is 0 Å². The predicted molar refractivity (Wildman–Crippen MR) is 42.2 cm³/mol. The molecule has 0 fully saturated rings. The summed E-state index contributed by atoms with van der Waals surface area (Å²) in [4.78, 5) is 0. The van der Waals surface area contributed by atoms with E-state index in [9.17, 15) is 0 Å². The van der Waals surface area contributed by atoms with Gasteiger partial charge in [0.1, 0.15) is 7.05 Å². The lowest BCUT2D eigenvalue weighted by Gasteiger charge is -1.97. The second-order valence-corrected chi connectivity index (χ2v) is 2.69. The molecule has 0 spiro atoms. The van der Waals surface area contributed by atoms with Crippen molar-refractivity contribution >= 4 is 12.6 Å². The lowest BCUT2D eigenvalue weighted by Crippen LogP contribution is -2.39. The van der Waals surface area contributed by atoms with Crippen LogP contribution >= 0.6 is 0 Å². The van der Waals surface area contributed by atoms with Crippen molar-refractivity contribution in [3.8, 4) is 0 Å². The molecular weight excluding hydrogens is 141 g/mol. The van der Waals surface area contributed by atoms with Gasteiger partial charge < -0.3 is 10.0 Å². The minimum absolute atomic E-state index is 0.521. The summed E-state index contributed by atoms with van der Waals surface area (Å²) in [6.07, 6.45) is 3.59. The molecule has 11 heavy (non-hydrogen) atoms. The number of pyridine rings is 1. The van der Waals surface area contributed by atoms with Crippen LogP contribution in [-0.2, 0) is 7.05 Å². The van der Waals surface area contributed by atoms with E-state index in [0.29, 0.717) is 5.46 Å². The molecule has 4 heteroatoms. The van der Waals surface area contributed by atoms with Crippen LogP contribution in [-0.4, -0.2) is 17.2 Å². The van der Waals surface area contributed by atoms with E-state index in [-0.39, 0.29) is 0 Å². The molecule has 0 saturated carbocycles. The molecule has 0 aromatic carbocycles. The molecule has 0 unspecified atom stereocenters. The van der Waals surface area contributed by atoms with Crippen LogP contribution in [0.5, 0.6) is 0 Å². The molecule has 1 heterocycles. The van der Waals surface area contributed by atoms with E-state index in [1.165, 1.54) is 0 Å². The van der Waals surface area contributed by atoms with Gasteiger partial charge in [0.2, 0.25) is 0 Å². The molecule has 0 aliphatic rings. The van der Waals surface area contributed by atoms with E-state index in [1.807, 2.05) is 20.2 Å². The zero-order valence-corrected chi connectivity index (χ0v) is 6.65. The SMILES string of the molecule is Cc1cc(B(O)O)c[n+](C)c1. The van der Waals surface area contributed by atoms with Gasteiger partial charge in [0.25, 0.3) is 0 Å². The summed E-state index contributed by atoms with van der Waals surface area (Å²) < 4.78 is 1.80. The zero-order valence-electron chi connectivity index (χ0n) is 6.65. The van der Waals surface area contributed by atoms with Crippen LogP contribution in [0.3, 0.4) is 0 Å². The minimum atomic E-state index is -1.37. The summed E-state index contributed by atoms with van der Waals surface area (Å²) in [5.74, 6) is 0. The Hall–Kier alpha value is -0.865. The highest BCUT2D eigenvalue weighted by Crippen LogP contribution is 1.87. The first-order valence-electron chi connectivity index (χ1n) is 3.42. The fourth-order valence-corrected chi connectivity index (χ4v) is 1.07. The first-order chi connectivity index (χ1) is 5.09. The fourth-order valence-electron chi connectivity index (χ4n) is 1.07. The number of hydrogen-bond acceptors (Lipinski definition) is 2. The maximum atomic E-state index is 8.81. The highest BCUT2D eigenvalue weighted by molar-refractivity contribution is 6.58. The molecule has 0 amide bonds. The third kappa shape index (κ3) is 2.03. The van der Waals surface area contributed by atoms with E-state index >= 15 is 0 Å². The van der Waals surface area contributed by atoms with E-state index in [0.717, 1.165) is 5.56 Å². The second-order valence-electron chi connectivity index (χ2n) is 2.69. The molecule has 0 radical (unpaired) electrons. The third-order valence-corrected chi connectivity index (χ3v) is 1.45. The van der Waals surface area contributed by atoms with Gasteiger partial charge in [0.05, 0.1) is 0 Å². The molecule has 0 atom stereocenters. The molecule has 0 aliphatic carbocycles. The van der Waals surface area contributed by atoms with Gasteiger partial charge in [0, 0.05) is 11.0 Å². The van der Waals surface area contributed by atoms with E-state index in [1.54, 1.807) is 16.8 Å². The normalized spacial score (nSPS) is 9.82. The Balaban J connectivity index is 3.08. The summed E-state index contributed by atoms with van der Waals surface area (Å²) >= 11 is 0. The van der Waals surface area contributed by atoms with Crippen molar-refractivity contribution < 1.29 is 14.6 Å². The molecule has 1 aromatic heterocycles. The number of nitrogens with zero attached hydrogens (tertiary/aromatic N) is 1. The number of aromatic nitrogens is 1. The van der Waals surface area contributed by atoms with Crippen LogP contribution in [0.25, 0.3) is 0 Å². The molecule has 1 rings (SSSR count). The summed E-state index contributed by atoms with van der Waals surface area (Å²) in [6, 6.07) is 1.74. The third-order valence-electron chi connectivity index (χ3n) is 1.45. The maximum absolute atomic E-state index is 8.81. The molecule has 0 saturated heterocycles. The molecule has 58 valence electrons. The highest BCUT2D eigenvalue weighted by Gasteiger charge is 2.14. The Kier molecular flexibility index (Phi) is 2.26. The largest absolute Gasteiger partial charge is 0.494 e. The second kappa shape index (κ2) is 3.03. The van der Waals surface area contributed by atoms with Crippen molar-refractivity contribution in [1.29, 1.82) is 0 Å². The Morgan fingerprint density at radius 3 is 2.45 bits per heavy atom. The number of aryl methyl sites for hydroxylation is 2. The monoisotopic (exact) mass is 152 g/mol. The standard InChI is InChI=1S/C7H11BNO2/c1-6-3-7(8(10)11)5-9(2)4-6/h3-5,10-11H,1-2H3/q+1. The summed E-state index contributed by atoms with van der Waals surface area (Å²) in [7, 11) is 0.472. The first-order valence-corrected chi connectivity index (χ1v) is 3.42. The van der Waals surface area contributed by atoms with Gasteiger partial charge >= 0.3 is 7.12 Å². The first kappa shape index (κ1) is 8.23. The minimum Gasteiger partial charge on any atom is -0.423 e. The van der Waals surface area contributed by atoms with Crippen LogP contribution in [0.2, 0.25) is 0 Å². The lowest BCUT2D eigenvalue weighted by atomic mass is 9.81. The van der Waals surface area contributed by atoms with Crippen LogP contribution in [0.15, 0.2) is 18.5 Å². The van der Waals surface area contributed by atoms with Crippen LogP contribution < -0.4 is 10.0 Å². The molecule has 1 aromatic rings. The van der Waals surface area contributed by atoms with Crippen molar-refractivity contribution in [2.75, 3.05) is 0 Å². The molecular formula is C7H11BNO2+. The lowest BCUT2D eigenvalue weighted by molar-refractivity contribution is -0.671. The van der Waals surface area contributed by atoms with Gasteiger partial charge in [-0.25, -0.2) is 4.57 Å². The van der Waals surface area contributed by atoms with Crippen LogP contribution in [0.4, 0.5) is 0 Å². The van der Waals surface area contributed by atoms with Gasteiger partial charge in [-0.15, -0.1) is 0 Å². The topological polar surface area (TPSA) is 44.3 Å². The highest BCUT2D eigenvalue weighted by atomic mass is 16.4. The summed E-state index contributed by atoms with van der Waals surface area (Å²) in [5, 5.41) is 17.6. The Morgan fingerprint density at radius 1 is 1.36 bits per heavy atom. The van der Waals surface area contributed by atoms with Gasteiger partial charge in [-0.05, 0) is 13.0 Å². The van der Waals surface area contributed by atoms with Gasteiger partial charge in [-0.1, -0.05) is 0 Å². The Labute approximate surface area is 66.1 Å². The van der Waals surface area contributed by atoms with Gasteiger partial charge in [-0.2, -0.15) is 0 Å². The Morgan fingerprint density at radius 2 is 2.00 bits per heavy atom. The number of rotatable bonds is 1. The van der Waals surface area contributed by atoms with Crippen LogP contribution in [0, 0.1) is 6.92 Å². The van der Waals surface area contributed by atoms with Crippen molar-refractivity contribution in [2.45, 2.75) is 6.92 Å². The van der Waals surface area contributed by atoms with E-state index < -0.39 is 7.12 Å². The summed E-state index contributed by atoms with van der Waals surface area (Å²) in [5.41, 5.74) is 1.53. The average Bonchev–Trinajstić information content (AvgIpc) is 1.85. The fraction of sp³-hybridized carbons (Fsp3) is 0.286. The predicted octanol–water partition coefficient (Wildman–Crippen LogP) is -1.50. The van der Waals surface area contributed by atoms with E-state index in [4.69, 9.17) is 10.0 Å². The molecule has 2 N–H and O–H groups in total. The zero-order chi connectivity index (χ0) is 8.43. The van der Waals surface area contributed by atoms with Gasteiger partial charge in [-0.3, -0.25) is 0 Å².